The molecule has 1 aromatic heterocycles. The summed E-state index contributed by atoms with van der Waals surface area (Å²) in [5.41, 5.74) is 2.51. The largest absolute Gasteiger partial charge is 0.469 e. The van der Waals surface area contributed by atoms with Gasteiger partial charge in [-0.2, -0.15) is 0 Å². The van der Waals surface area contributed by atoms with Gasteiger partial charge in [0.1, 0.15) is 5.76 Å². The first kappa shape index (κ1) is 32.0. The minimum atomic E-state index is -0.150. The van der Waals surface area contributed by atoms with Gasteiger partial charge in [0.2, 0.25) is 0 Å². The van der Waals surface area contributed by atoms with Gasteiger partial charge in [-0.05, 0) is 110 Å². The molecule has 230 valence electrons. The first-order valence-corrected chi connectivity index (χ1v) is 16.1. The van der Waals surface area contributed by atoms with E-state index in [1.807, 2.05) is 12.3 Å². The molecular weight excluding hydrogens is 510 g/mol. The predicted octanol–water partition coefficient (Wildman–Crippen LogP) is 9.04. The Morgan fingerprint density at radius 1 is 1.10 bits per heavy atom. The summed E-state index contributed by atoms with van der Waals surface area (Å²) >= 11 is 0. The second kappa shape index (κ2) is 10.7. The van der Waals surface area contributed by atoms with E-state index in [1.54, 1.807) is 6.92 Å². The highest BCUT2D eigenvalue weighted by molar-refractivity contribution is 5.88. The molecule has 2 fully saturated rings. The molecule has 2 saturated carbocycles. The van der Waals surface area contributed by atoms with Crippen LogP contribution in [0.2, 0.25) is 0 Å². The molecule has 0 radical (unpaired) electrons. The predicted molar refractivity (Wildman–Crippen MR) is 164 cm³/mol. The first-order valence-electron chi connectivity index (χ1n) is 16.1. The number of rotatable bonds is 8. The molecule has 0 bridgehead atoms. The Morgan fingerprint density at radius 3 is 2.39 bits per heavy atom. The number of hydrogen-bond acceptors (Lipinski definition) is 5. The number of hydrogen-bond donors (Lipinski definition) is 0. The number of carbonyl (C=O) groups is 2. The maximum Gasteiger partial charge on any atom is 0.305 e. The van der Waals surface area contributed by atoms with E-state index >= 15 is 0 Å². The summed E-state index contributed by atoms with van der Waals surface area (Å²) in [7, 11) is 1.50. The molecule has 1 heterocycles. The van der Waals surface area contributed by atoms with Crippen molar-refractivity contribution < 1.29 is 18.8 Å². The third kappa shape index (κ3) is 5.49. The molecule has 0 aliphatic heterocycles. The van der Waals surface area contributed by atoms with Gasteiger partial charge < -0.3 is 9.26 Å². The fourth-order valence-electron chi connectivity index (χ4n) is 9.92. The average Bonchev–Trinajstić information content (AvgIpc) is 3.33. The van der Waals surface area contributed by atoms with Crippen molar-refractivity contribution in [3.8, 4) is 0 Å². The second-order valence-electron chi connectivity index (χ2n) is 16.7. The van der Waals surface area contributed by atoms with Crippen LogP contribution in [0.3, 0.4) is 0 Å². The van der Waals surface area contributed by atoms with Gasteiger partial charge in [-0.3, -0.25) is 9.59 Å². The minimum absolute atomic E-state index is 0.0354. The van der Waals surface area contributed by atoms with Crippen LogP contribution in [0.4, 0.5) is 0 Å². The van der Waals surface area contributed by atoms with Gasteiger partial charge in [0.15, 0.2) is 5.78 Å². The summed E-state index contributed by atoms with van der Waals surface area (Å²) in [5.74, 6) is 1.98. The highest BCUT2D eigenvalue weighted by Gasteiger charge is 2.61. The van der Waals surface area contributed by atoms with Crippen LogP contribution in [-0.2, 0) is 26.2 Å². The molecule has 5 atom stereocenters. The number of ketones is 1. The van der Waals surface area contributed by atoms with E-state index in [2.05, 4.69) is 67.5 Å². The van der Waals surface area contributed by atoms with Crippen LogP contribution in [0, 0.1) is 38.9 Å². The molecule has 1 unspecified atom stereocenters. The average molecular weight is 568 g/mol. The topological polar surface area (TPSA) is 69.4 Å². The molecule has 4 rings (SSSR count). The molecule has 3 aliphatic rings. The lowest BCUT2D eigenvalue weighted by Crippen LogP contribution is -2.56. The Hall–Kier alpha value is -1.91. The standard InChI is InChI=1S/C36H57NO4/c1-24-21-31(3,4)16-18-36(24,15-13-29(39)40-11)19-17-32(5,6)35(10)14-12-27-33(7,8)30-26(23-37-41-30)22-34(27,9)28(35)20-25(2)38/h20,23-24,27H,12-19,21-22H2,1-11H3/b28-20-/t24?,27-,34-,35+,36+/m0/s1. The number of nitrogens with zero attached hydrogens (tertiary/aromatic N) is 1. The zero-order chi connectivity index (χ0) is 30.6. The SMILES string of the molecule is COC(=O)CC[C@]1(CCC(C)(C)[C@]2(C)CC[C@H]3C(C)(C)c4oncc4C[C@]3(C)/C2=C/C(C)=O)CCC(C)(C)CC1C. The van der Waals surface area contributed by atoms with Crippen molar-refractivity contribution in [3.05, 3.63) is 29.2 Å². The van der Waals surface area contributed by atoms with Crippen LogP contribution in [0.1, 0.15) is 138 Å². The maximum absolute atomic E-state index is 12.9. The van der Waals surface area contributed by atoms with Crippen molar-refractivity contribution in [2.24, 2.45) is 38.9 Å². The molecule has 41 heavy (non-hydrogen) atoms. The van der Waals surface area contributed by atoms with Crippen molar-refractivity contribution in [1.29, 1.82) is 0 Å². The Bertz CT molecular complexity index is 1190. The van der Waals surface area contributed by atoms with Crippen LogP contribution in [0.15, 0.2) is 22.4 Å². The monoisotopic (exact) mass is 567 g/mol. The molecule has 1 aromatic rings. The van der Waals surface area contributed by atoms with Crippen LogP contribution in [0.25, 0.3) is 0 Å². The second-order valence-corrected chi connectivity index (χ2v) is 16.7. The lowest BCUT2D eigenvalue weighted by Gasteiger charge is -2.62. The molecule has 3 aliphatic carbocycles. The van der Waals surface area contributed by atoms with E-state index in [4.69, 9.17) is 9.26 Å². The fraction of sp³-hybridized carbons (Fsp3) is 0.806. The third-order valence-electron chi connectivity index (χ3n) is 12.9. The Labute approximate surface area is 249 Å². The molecule has 0 N–H and O–H groups in total. The van der Waals surface area contributed by atoms with Gasteiger partial charge in [-0.15, -0.1) is 0 Å². The van der Waals surface area contributed by atoms with Gasteiger partial charge in [0, 0.05) is 17.4 Å². The summed E-state index contributed by atoms with van der Waals surface area (Å²) in [6.07, 6.45) is 14.0. The Morgan fingerprint density at radius 2 is 1.78 bits per heavy atom. The van der Waals surface area contributed by atoms with E-state index in [0.29, 0.717) is 23.7 Å². The van der Waals surface area contributed by atoms with Crippen molar-refractivity contribution in [2.45, 2.75) is 139 Å². The normalized spacial score (nSPS) is 35.4. The molecule has 5 nitrogen and oxygen atoms in total. The van der Waals surface area contributed by atoms with E-state index in [-0.39, 0.29) is 38.8 Å². The summed E-state index contributed by atoms with van der Waals surface area (Å²) in [5, 5.41) is 4.21. The van der Waals surface area contributed by atoms with Crippen molar-refractivity contribution in [3.63, 3.8) is 0 Å². The molecule has 0 amide bonds. The number of allylic oxidation sites excluding steroid dienone is 2. The number of methoxy groups -OCH3 is 1. The number of ether oxygens (including phenoxy) is 1. The number of aromatic nitrogens is 1. The Balaban J connectivity index is 1.69. The highest BCUT2D eigenvalue weighted by atomic mass is 16.5. The summed E-state index contributed by atoms with van der Waals surface area (Å²) in [6, 6.07) is 0. The highest BCUT2D eigenvalue weighted by Crippen LogP contribution is 2.68. The first-order chi connectivity index (χ1) is 18.8. The Kier molecular flexibility index (Phi) is 8.33. The smallest absolute Gasteiger partial charge is 0.305 e. The van der Waals surface area contributed by atoms with E-state index in [1.165, 1.54) is 31.1 Å². The van der Waals surface area contributed by atoms with Crippen molar-refractivity contribution in [1.82, 2.24) is 5.16 Å². The molecular formula is C36H57NO4. The number of esters is 1. The van der Waals surface area contributed by atoms with E-state index < -0.39 is 0 Å². The third-order valence-corrected chi connectivity index (χ3v) is 12.9. The number of fused-ring (bicyclic) bond motifs is 2. The minimum Gasteiger partial charge on any atom is -0.469 e. The van der Waals surface area contributed by atoms with Crippen LogP contribution < -0.4 is 0 Å². The molecule has 0 spiro atoms. The van der Waals surface area contributed by atoms with Gasteiger partial charge in [-0.1, -0.05) is 73.0 Å². The lowest BCUT2D eigenvalue weighted by molar-refractivity contribution is -0.142. The zero-order valence-corrected chi connectivity index (χ0v) is 28.0. The van der Waals surface area contributed by atoms with Crippen LogP contribution >= 0.6 is 0 Å². The summed E-state index contributed by atoms with van der Waals surface area (Å²) in [6.45, 7) is 23.2. The van der Waals surface area contributed by atoms with Crippen molar-refractivity contribution in [2.75, 3.05) is 7.11 Å². The fourth-order valence-corrected chi connectivity index (χ4v) is 9.92. The number of carbonyl (C=O) groups excluding carboxylic acids is 2. The van der Waals surface area contributed by atoms with Crippen LogP contribution in [-0.4, -0.2) is 24.0 Å². The van der Waals surface area contributed by atoms with Crippen molar-refractivity contribution >= 4 is 11.8 Å². The molecule has 0 aromatic carbocycles. The molecule has 0 saturated heterocycles. The summed E-state index contributed by atoms with van der Waals surface area (Å²) in [4.78, 5) is 25.2. The van der Waals surface area contributed by atoms with Gasteiger partial charge in [0.25, 0.3) is 0 Å². The van der Waals surface area contributed by atoms with Gasteiger partial charge >= 0.3 is 5.97 Å². The quantitative estimate of drug-likeness (QED) is 0.231. The van der Waals surface area contributed by atoms with Gasteiger partial charge in [0.05, 0.1) is 13.3 Å². The lowest BCUT2D eigenvalue weighted by atomic mass is 9.41. The zero-order valence-electron chi connectivity index (χ0n) is 28.0. The van der Waals surface area contributed by atoms with Crippen LogP contribution in [0.5, 0.6) is 0 Å². The van der Waals surface area contributed by atoms with E-state index in [9.17, 15) is 9.59 Å². The van der Waals surface area contributed by atoms with Gasteiger partial charge in [-0.25, -0.2) is 0 Å². The maximum atomic E-state index is 12.9. The van der Waals surface area contributed by atoms with E-state index in [0.717, 1.165) is 50.7 Å². The summed E-state index contributed by atoms with van der Waals surface area (Å²) < 4.78 is 10.9. The molecule has 5 heteroatoms.